The van der Waals surface area contributed by atoms with Crippen LogP contribution in [0, 0.1) is 27.2 Å². The van der Waals surface area contributed by atoms with Crippen LogP contribution >= 0.6 is 11.3 Å². The number of allylic oxidation sites excluding steroid dienone is 1. The first-order chi connectivity index (χ1) is 21.1. The molecule has 1 aromatic heterocycles. The first kappa shape index (κ1) is 30.0. The summed E-state index contributed by atoms with van der Waals surface area (Å²) in [6.07, 6.45) is 1.66. The van der Waals surface area contributed by atoms with Crippen LogP contribution in [0.5, 0.6) is 5.75 Å². The van der Waals surface area contributed by atoms with Crippen molar-refractivity contribution in [1.29, 1.82) is 0 Å². The van der Waals surface area contributed by atoms with Crippen molar-refractivity contribution in [3.05, 3.63) is 140 Å². The molecule has 0 saturated carbocycles. The minimum atomic E-state index is -1.000. The van der Waals surface area contributed by atoms with Gasteiger partial charge in [0.25, 0.3) is 16.9 Å². The standard InChI is InChI=1S/C31H26N4O8S/c1-4-42-30(37)27-19(3)32-31-33(28(27)22-12-9-18(2)24(15-22)35(40)41)29(36)26(44-31)16-21-7-5-6-8-25(21)43-17-20-10-13-23(14-11-20)34(38)39/h5-16,28H,4,17H2,1-3H3/b26-16+/t28-/m0/s1. The minimum absolute atomic E-state index is 0.0237. The van der Waals surface area contributed by atoms with Crippen LogP contribution in [0.4, 0.5) is 11.4 Å². The maximum absolute atomic E-state index is 14.0. The van der Waals surface area contributed by atoms with Gasteiger partial charge in [-0.1, -0.05) is 41.7 Å². The van der Waals surface area contributed by atoms with E-state index in [4.69, 9.17) is 9.47 Å². The first-order valence-corrected chi connectivity index (χ1v) is 14.3. The summed E-state index contributed by atoms with van der Waals surface area (Å²) >= 11 is 1.12. The van der Waals surface area contributed by atoms with Crippen LogP contribution in [0.1, 0.15) is 42.1 Å². The SMILES string of the molecule is CCOC(=O)C1=C(C)N=c2s/c(=C/c3ccccc3OCc3ccc([N+](=O)[O-])cc3)c(=O)n2[C@H]1c1ccc(C)c([N+](=O)[O-])c1. The topological polar surface area (TPSA) is 156 Å². The summed E-state index contributed by atoms with van der Waals surface area (Å²) in [4.78, 5) is 53.7. The highest BCUT2D eigenvalue weighted by Gasteiger charge is 2.34. The predicted octanol–water partition coefficient (Wildman–Crippen LogP) is 4.50. The summed E-state index contributed by atoms with van der Waals surface area (Å²) in [6, 6.07) is 16.7. The molecule has 0 fully saturated rings. The molecule has 0 radical (unpaired) electrons. The summed E-state index contributed by atoms with van der Waals surface area (Å²) in [6.45, 7) is 5.15. The number of para-hydroxylation sites is 1. The zero-order chi connectivity index (χ0) is 31.5. The average Bonchev–Trinajstić information content (AvgIpc) is 3.30. The number of esters is 1. The Morgan fingerprint density at radius 1 is 1.05 bits per heavy atom. The molecule has 0 bridgehead atoms. The summed E-state index contributed by atoms with van der Waals surface area (Å²) in [7, 11) is 0. The van der Waals surface area contributed by atoms with E-state index < -0.39 is 27.4 Å². The fourth-order valence-corrected chi connectivity index (χ4v) is 5.89. The highest BCUT2D eigenvalue weighted by molar-refractivity contribution is 7.07. The Hall–Kier alpha value is -5.43. The molecule has 12 nitrogen and oxygen atoms in total. The Morgan fingerprint density at radius 2 is 1.77 bits per heavy atom. The molecule has 1 atom stereocenters. The van der Waals surface area contributed by atoms with Crippen molar-refractivity contribution >= 4 is 34.8 Å². The Kier molecular flexibility index (Phi) is 8.49. The molecule has 2 heterocycles. The van der Waals surface area contributed by atoms with Gasteiger partial charge in [-0.15, -0.1) is 0 Å². The molecule has 0 amide bonds. The van der Waals surface area contributed by atoms with Gasteiger partial charge in [-0.3, -0.25) is 29.6 Å². The van der Waals surface area contributed by atoms with Gasteiger partial charge in [-0.25, -0.2) is 9.79 Å². The number of aromatic nitrogens is 1. The third kappa shape index (κ3) is 5.90. The summed E-state index contributed by atoms with van der Waals surface area (Å²) < 4.78 is 13.0. The quantitative estimate of drug-likeness (QED) is 0.152. The number of hydrogen-bond acceptors (Lipinski definition) is 10. The van der Waals surface area contributed by atoms with Crippen molar-refractivity contribution in [3.8, 4) is 5.75 Å². The highest BCUT2D eigenvalue weighted by atomic mass is 32.1. The van der Waals surface area contributed by atoms with Gasteiger partial charge in [-0.2, -0.15) is 0 Å². The van der Waals surface area contributed by atoms with Gasteiger partial charge in [0.05, 0.1) is 38.3 Å². The molecule has 13 heteroatoms. The fourth-order valence-electron chi connectivity index (χ4n) is 4.85. The zero-order valence-electron chi connectivity index (χ0n) is 23.9. The molecule has 0 aliphatic carbocycles. The molecule has 0 saturated heterocycles. The number of fused-ring (bicyclic) bond motifs is 1. The average molecular weight is 615 g/mol. The number of hydrogen-bond donors (Lipinski definition) is 0. The molecule has 3 aromatic carbocycles. The van der Waals surface area contributed by atoms with Gasteiger partial charge >= 0.3 is 5.97 Å². The maximum atomic E-state index is 14.0. The normalized spacial score (nSPS) is 14.5. The lowest BCUT2D eigenvalue weighted by atomic mass is 9.94. The largest absolute Gasteiger partial charge is 0.488 e. The lowest BCUT2D eigenvalue weighted by Gasteiger charge is -2.24. The number of nitro groups is 2. The summed E-state index contributed by atoms with van der Waals surface area (Å²) in [5.74, 6) is -0.188. The molecule has 1 aliphatic heterocycles. The number of nitro benzene ring substituents is 2. The van der Waals surface area contributed by atoms with E-state index in [9.17, 15) is 29.8 Å². The Balaban J connectivity index is 1.59. The molecule has 0 N–H and O–H groups in total. The van der Waals surface area contributed by atoms with Crippen molar-refractivity contribution < 1.29 is 24.1 Å². The molecular weight excluding hydrogens is 588 g/mol. The fraction of sp³-hybridized carbons (Fsp3) is 0.194. The summed E-state index contributed by atoms with van der Waals surface area (Å²) in [5.41, 5.74) is 2.00. The Morgan fingerprint density at radius 3 is 2.45 bits per heavy atom. The van der Waals surface area contributed by atoms with Gasteiger partial charge in [0.2, 0.25) is 0 Å². The predicted molar refractivity (Wildman–Crippen MR) is 162 cm³/mol. The molecular formula is C31H26N4O8S. The van der Waals surface area contributed by atoms with Crippen molar-refractivity contribution in [2.75, 3.05) is 6.61 Å². The first-order valence-electron chi connectivity index (χ1n) is 13.5. The van der Waals surface area contributed by atoms with E-state index in [1.165, 1.54) is 22.8 Å². The number of benzene rings is 3. The maximum Gasteiger partial charge on any atom is 0.338 e. The van der Waals surface area contributed by atoms with Crippen LogP contribution in [0.25, 0.3) is 6.08 Å². The van der Waals surface area contributed by atoms with Gasteiger partial charge in [-0.05, 0) is 56.2 Å². The molecule has 5 rings (SSSR count). The third-order valence-corrected chi connectivity index (χ3v) is 7.99. The van der Waals surface area contributed by atoms with Crippen molar-refractivity contribution in [3.63, 3.8) is 0 Å². The van der Waals surface area contributed by atoms with E-state index >= 15 is 0 Å². The Bertz CT molecular complexity index is 2010. The highest BCUT2D eigenvalue weighted by Crippen LogP contribution is 2.33. The van der Waals surface area contributed by atoms with Crippen LogP contribution in [0.15, 0.2) is 87.8 Å². The van der Waals surface area contributed by atoms with Gasteiger partial charge in [0, 0.05) is 29.3 Å². The molecule has 0 spiro atoms. The van der Waals surface area contributed by atoms with E-state index in [-0.39, 0.29) is 30.2 Å². The molecule has 0 unspecified atom stereocenters. The number of carbonyl (C=O) groups excluding carboxylic acids is 1. The van der Waals surface area contributed by atoms with Crippen LogP contribution in [-0.2, 0) is 16.1 Å². The van der Waals surface area contributed by atoms with Crippen molar-refractivity contribution in [2.45, 2.75) is 33.4 Å². The number of non-ortho nitro benzene ring substituents is 1. The Labute approximate surface area is 254 Å². The van der Waals surface area contributed by atoms with Gasteiger partial charge in [0.1, 0.15) is 12.4 Å². The smallest absolute Gasteiger partial charge is 0.338 e. The number of thiazole rings is 1. The van der Waals surface area contributed by atoms with E-state index in [0.29, 0.717) is 37.5 Å². The van der Waals surface area contributed by atoms with Crippen molar-refractivity contribution in [1.82, 2.24) is 4.57 Å². The number of nitrogens with zero attached hydrogens (tertiary/aromatic N) is 4. The molecule has 4 aromatic rings. The second kappa shape index (κ2) is 12.4. The van der Waals surface area contributed by atoms with Crippen LogP contribution in [0.3, 0.4) is 0 Å². The van der Waals surface area contributed by atoms with Gasteiger partial charge in [0.15, 0.2) is 4.80 Å². The number of carbonyl (C=O) groups is 1. The van der Waals surface area contributed by atoms with Gasteiger partial charge < -0.3 is 9.47 Å². The second-order valence-electron chi connectivity index (χ2n) is 9.86. The monoisotopic (exact) mass is 614 g/mol. The minimum Gasteiger partial charge on any atom is -0.488 e. The lowest BCUT2D eigenvalue weighted by Crippen LogP contribution is -2.40. The summed E-state index contributed by atoms with van der Waals surface area (Å²) in [5, 5.41) is 22.7. The molecule has 1 aliphatic rings. The van der Waals surface area contributed by atoms with Crippen LogP contribution in [0.2, 0.25) is 0 Å². The zero-order valence-corrected chi connectivity index (χ0v) is 24.7. The van der Waals surface area contributed by atoms with E-state index in [1.54, 1.807) is 75.4 Å². The van der Waals surface area contributed by atoms with E-state index in [0.717, 1.165) is 16.9 Å². The number of aryl methyl sites for hydroxylation is 1. The van der Waals surface area contributed by atoms with Crippen molar-refractivity contribution in [2.24, 2.45) is 4.99 Å². The lowest BCUT2D eigenvalue weighted by molar-refractivity contribution is -0.385. The number of ether oxygens (including phenoxy) is 2. The van der Waals surface area contributed by atoms with Crippen LogP contribution < -0.4 is 19.6 Å². The second-order valence-corrected chi connectivity index (χ2v) is 10.9. The third-order valence-electron chi connectivity index (χ3n) is 7.01. The van der Waals surface area contributed by atoms with E-state index in [1.807, 2.05) is 0 Å². The van der Waals surface area contributed by atoms with E-state index in [2.05, 4.69) is 4.99 Å². The molecule has 44 heavy (non-hydrogen) atoms. The number of rotatable bonds is 9. The van der Waals surface area contributed by atoms with Crippen LogP contribution in [-0.4, -0.2) is 27.0 Å². The molecule has 224 valence electrons.